The molecule has 0 atom stereocenters. The summed E-state index contributed by atoms with van der Waals surface area (Å²) >= 11 is 0. The van der Waals surface area contributed by atoms with Gasteiger partial charge in [0.2, 0.25) is 0 Å². The summed E-state index contributed by atoms with van der Waals surface area (Å²) in [5.41, 5.74) is 0.753. The normalized spacial score (nSPS) is 19.5. The maximum atomic E-state index is 6.07. The van der Waals surface area contributed by atoms with Gasteiger partial charge in [0.15, 0.2) is 5.82 Å². The molecule has 1 aliphatic rings. The topological polar surface area (TPSA) is 62.1 Å². The summed E-state index contributed by atoms with van der Waals surface area (Å²) < 4.78 is 14.1. The largest absolute Gasteiger partial charge is 0.514 e. The molecule has 0 radical (unpaired) electrons. The van der Waals surface area contributed by atoms with Crippen molar-refractivity contribution in [1.29, 1.82) is 0 Å². The van der Waals surface area contributed by atoms with Gasteiger partial charge in [0.05, 0.1) is 16.8 Å². The van der Waals surface area contributed by atoms with Crippen LogP contribution in [0.25, 0.3) is 11.5 Å². The van der Waals surface area contributed by atoms with Crippen LogP contribution in [0.3, 0.4) is 0 Å². The first-order valence-electron chi connectivity index (χ1n) is 7.94. The van der Waals surface area contributed by atoms with Gasteiger partial charge in [0.25, 0.3) is 0 Å². The second-order valence-corrected chi connectivity index (χ2v) is 7.19. The van der Waals surface area contributed by atoms with E-state index in [2.05, 4.69) is 24.0 Å². The number of aromatic nitrogens is 4. The van der Waals surface area contributed by atoms with Gasteiger partial charge >= 0.3 is 7.12 Å². The van der Waals surface area contributed by atoms with E-state index < -0.39 is 7.12 Å². The minimum Gasteiger partial charge on any atom is -0.398 e. The molecule has 2 aromatic heterocycles. The summed E-state index contributed by atoms with van der Waals surface area (Å²) in [5, 5.41) is 8.21. The average molecular weight is 314 g/mol. The molecular formula is C16H23BN4O2. The van der Waals surface area contributed by atoms with E-state index >= 15 is 0 Å². The lowest BCUT2D eigenvalue weighted by molar-refractivity contribution is 0.00578. The predicted octanol–water partition coefficient (Wildman–Crippen LogP) is 2.22. The fourth-order valence-electron chi connectivity index (χ4n) is 2.47. The molecule has 0 amide bonds. The van der Waals surface area contributed by atoms with Gasteiger partial charge < -0.3 is 13.9 Å². The minimum absolute atomic E-state index is 0.266. The van der Waals surface area contributed by atoms with E-state index in [0.29, 0.717) is 0 Å². The molecule has 1 aliphatic heterocycles. The molecular weight excluding hydrogens is 291 g/mol. The molecule has 0 aromatic carbocycles. The van der Waals surface area contributed by atoms with Gasteiger partial charge in [-0.1, -0.05) is 6.07 Å². The average Bonchev–Trinajstić information content (AvgIpc) is 3.02. The zero-order chi connectivity index (χ0) is 16.8. The van der Waals surface area contributed by atoms with Crippen LogP contribution in [0.5, 0.6) is 0 Å². The van der Waals surface area contributed by atoms with E-state index in [1.807, 2.05) is 50.5 Å². The lowest BCUT2D eigenvalue weighted by Crippen LogP contribution is -2.41. The Morgan fingerprint density at radius 3 is 2.35 bits per heavy atom. The van der Waals surface area contributed by atoms with E-state index in [1.165, 1.54) is 0 Å². The van der Waals surface area contributed by atoms with Crippen LogP contribution in [0.1, 0.15) is 47.6 Å². The SMILES string of the molecule is CC(C)n1cnnc1-c1cccc(B2OC(C)(C)C(C)(C)O2)n1. The zero-order valence-corrected chi connectivity index (χ0v) is 14.6. The van der Waals surface area contributed by atoms with Crippen LogP contribution in [0, 0.1) is 0 Å². The van der Waals surface area contributed by atoms with Crippen molar-refractivity contribution in [3.63, 3.8) is 0 Å². The standard InChI is InChI=1S/C16H23BN4O2/c1-11(2)21-10-18-20-14(21)12-8-7-9-13(19-12)17-22-15(3,4)16(5,6)23-17/h7-11H,1-6H3. The summed E-state index contributed by atoms with van der Waals surface area (Å²) in [6.45, 7) is 12.3. The number of hydrogen-bond acceptors (Lipinski definition) is 5. The van der Waals surface area contributed by atoms with Crippen LogP contribution in [0.15, 0.2) is 24.5 Å². The Hall–Kier alpha value is -1.73. The number of nitrogens with zero attached hydrogens (tertiary/aromatic N) is 4. The first-order chi connectivity index (χ1) is 10.7. The Bertz CT molecular complexity index is 696. The molecule has 0 unspecified atom stereocenters. The van der Waals surface area contributed by atoms with Gasteiger partial charge in [0, 0.05) is 6.04 Å². The van der Waals surface area contributed by atoms with Gasteiger partial charge in [-0.3, -0.25) is 4.98 Å². The third kappa shape index (κ3) is 2.79. The van der Waals surface area contributed by atoms with E-state index in [1.54, 1.807) is 6.33 Å². The first kappa shape index (κ1) is 16.1. The molecule has 1 fully saturated rings. The van der Waals surface area contributed by atoms with Crippen molar-refractivity contribution in [2.45, 2.75) is 58.8 Å². The first-order valence-corrected chi connectivity index (χ1v) is 7.94. The Balaban J connectivity index is 1.94. The van der Waals surface area contributed by atoms with Crippen LogP contribution >= 0.6 is 0 Å². The Kier molecular flexibility index (Phi) is 3.81. The maximum absolute atomic E-state index is 6.07. The van der Waals surface area contributed by atoms with Crippen molar-refractivity contribution in [2.24, 2.45) is 0 Å². The molecule has 23 heavy (non-hydrogen) atoms. The molecule has 0 saturated carbocycles. The third-order valence-corrected chi connectivity index (χ3v) is 4.62. The molecule has 6 nitrogen and oxygen atoms in total. The van der Waals surface area contributed by atoms with Crippen LogP contribution in [-0.2, 0) is 9.31 Å². The second kappa shape index (κ2) is 5.42. The molecule has 0 spiro atoms. The minimum atomic E-state index is -0.477. The quantitative estimate of drug-likeness (QED) is 0.813. The number of pyridine rings is 1. The molecule has 0 N–H and O–H groups in total. The summed E-state index contributed by atoms with van der Waals surface area (Å²) in [6.07, 6.45) is 1.73. The third-order valence-electron chi connectivity index (χ3n) is 4.62. The van der Waals surface area contributed by atoms with Crippen molar-refractivity contribution in [3.05, 3.63) is 24.5 Å². The zero-order valence-electron chi connectivity index (χ0n) is 14.6. The van der Waals surface area contributed by atoms with Crippen molar-refractivity contribution >= 4 is 12.7 Å². The van der Waals surface area contributed by atoms with Crippen molar-refractivity contribution in [3.8, 4) is 11.5 Å². The molecule has 7 heteroatoms. The Morgan fingerprint density at radius 1 is 1.09 bits per heavy atom. The van der Waals surface area contributed by atoms with Crippen molar-refractivity contribution < 1.29 is 9.31 Å². The van der Waals surface area contributed by atoms with Crippen LogP contribution < -0.4 is 5.59 Å². The fourth-order valence-corrected chi connectivity index (χ4v) is 2.47. The van der Waals surface area contributed by atoms with Gasteiger partial charge in [-0.25, -0.2) is 0 Å². The Morgan fingerprint density at radius 2 is 1.74 bits per heavy atom. The van der Waals surface area contributed by atoms with E-state index in [4.69, 9.17) is 14.3 Å². The van der Waals surface area contributed by atoms with Gasteiger partial charge in [-0.05, 0) is 53.7 Å². The van der Waals surface area contributed by atoms with Crippen molar-refractivity contribution in [1.82, 2.24) is 19.7 Å². The number of hydrogen-bond donors (Lipinski definition) is 0. The lowest BCUT2D eigenvalue weighted by Gasteiger charge is -2.32. The summed E-state index contributed by atoms with van der Waals surface area (Å²) in [5.74, 6) is 0.748. The molecule has 3 heterocycles. The predicted molar refractivity (Wildman–Crippen MR) is 89.4 cm³/mol. The van der Waals surface area contributed by atoms with Gasteiger partial charge in [-0.15, -0.1) is 10.2 Å². The summed E-state index contributed by atoms with van der Waals surface area (Å²) in [7, 11) is -0.477. The highest BCUT2D eigenvalue weighted by Gasteiger charge is 2.52. The lowest BCUT2D eigenvalue weighted by atomic mass is 9.84. The van der Waals surface area contributed by atoms with E-state index in [9.17, 15) is 0 Å². The number of rotatable bonds is 3. The van der Waals surface area contributed by atoms with Gasteiger partial charge in [0.1, 0.15) is 12.0 Å². The molecule has 2 aromatic rings. The highest BCUT2D eigenvalue weighted by molar-refractivity contribution is 6.61. The van der Waals surface area contributed by atoms with Gasteiger partial charge in [-0.2, -0.15) is 0 Å². The maximum Gasteiger partial charge on any atom is 0.514 e. The molecule has 3 rings (SSSR count). The summed E-state index contributed by atoms with van der Waals surface area (Å²) in [6, 6.07) is 6.06. The van der Waals surface area contributed by atoms with Crippen LogP contribution in [0.4, 0.5) is 0 Å². The molecule has 1 saturated heterocycles. The highest BCUT2D eigenvalue weighted by atomic mass is 16.7. The molecule has 0 aliphatic carbocycles. The van der Waals surface area contributed by atoms with Crippen molar-refractivity contribution in [2.75, 3.05) is 0 Å². The monoisotopic (exact) mass is 314 g/mol. The fraction of sp³-hybridized carbons (Fsp3) is 0.562. The van der Waals surface area contributed by atoms with Crippen LogP contribution in [0.2, 0.25) is 0 Å². The van der Waals surface area contributed by atoms with E-state index in [-0.39, 0.29) is 17.2 Å². The van der Waals surface area contributed by atoms with E-state index in [0.717, 1.165) is 17.1 Å². The Labute approximate surface area is 137 Å². The smallest absolute Gasteiger partial charge is 0.398 e. The molecule has 0 bridgehead atoms. The second-order valence-electron chi connectivity index (χ2n) is 7.19. The summed E-state index contributed by atoms with van der Waals surface area (Å²) in [4.78, 5) is 4.70. The van der Waals surface area contributed by atoms with Crippen LogP contribution in [-0.4, -0.2) is 38.1 Å². The molecule has 122 valence electrons. The highest BCUT2D eigenvalue weighted by Crippen LogP contribution is 2.36.